The standard InChI is InChI=1S/C17H18N6OS/c1-22(13-5-7-18-9-13)17(24)14-11-25-16(21-14)12-8-20-23(10-12)15-4-2-3-6-19-15/h2-4,6,8,10-11,13,18H,5,7,9H2,1H3/t13-/m0/s1. The molecule has 0 aromatic carbocycles. The molecule has 0 unspecified atom stereocenters. The molecule has 0 bridgehead atoms. The Morgan fingerprint density at radius 3 is 3.12 bits per heavy atom. The van der Waals surface area contributed by atoms with Crippen molar-refractivity contribution in [1.82, 2.24) is 30.0 Å². The summed E-state index contributed by atoms with van der Waals surface area (Å²) in [5.74, 6) is 0.711. The third-order valence-corrected chi connectivity index (χ3v) is 5.23. The summed E-state index contributed by atoms with van der Waals surface area (Å²) in [6.07, 6.45) is 6.33. The van der Waals surface area contributed by atoms with E-state index in [1.807, 2.05) is 36.8 Å². The lowest BCUT2D eigenvalue weighted by atomic mass is 10.2. The Labute approximate surface area is 149 Å². The first-order valence-electron chi connectivity index (χ1n) is 8.12. The van der Waals surface area contributed by atoms with Gasteiger partial charge in [0.15, 0.2) is 5.82 Å². The fourth-order valence-corrected chi connectivity index (χ4v) is 3.64. The number of nitrogens with zero attached hydrogens (tertiary/aromatic N) is 5. The summed E-state index contributed by atoms with van der Waals surface area (Å²) < 4.78 is 1.70. The Morgan fingerprint density at radius 2 is 2.36 bits per heavy atom. The van der Waals surface area contributed by atoms with Gasteiger partial charge in [0.1, 0.15) is 10.7 Å². The van der Waals surface area contributed by atoms with Gasteiger partial charge in [-0.2, -0.15) is 5.10 Å². The molecule has 3 aromatic rings. The lowest BCUT2D eigenvalue weighted by Gasteiger charge is -2.22. The molecule has 25 heavy (non-hydrogen) atoms. The molecule has 1 N–H and O–H groups in total. The molecule has 3 aromatic heterocycles. The Hall–Kier alpha value is -2.58. The number of carbonyl (C=O) groups is 1. The number of likely N-dealkylation sites (N-methyl/N-ethyl adjacent to an activating group) is 1. The summed E-state index contributed by atoms with van der Waals surface area (Å²) in [6, 6.07) is 5.91. The average Bonchev–Trinajstić information content (AvgIpc) is 3.42. The van der Waals surface area contributed by atoms with Crippen molar-refractivity contribution in [1.29, 1.82) is 0 Å². The highest BCUT2D eigenvalue weighted by Gasteiger charge is 2.25. The molecule has 0 saturated carbocycles. The van der Waals surface area contributed by atoms with E-state index < -0.39 is 0 Å². The van der Waals surface area contributed by atoms with E-state index in [1.165, 1.54) is 11.3 Å². The number of rotatable bonds is 4. The number of hydrogen-bond donors (Lipinski definition) is 1. The number of aromatic nitrogens is 4. The topological polar surface area (TPSA) is 75.9 Å². The molecule has 1 aliphatic heterocycles. The molecule has 1 fully saturated rings. The minimum atomic E-state index is -0.0340. The zero-order valence-corrected chi connectivity index (χ0v) is 14.6. The second-order valence-electron chi connectivity index (χ2n) is 5.96. The highest BCUT2D eigenvalue weighted by molar-refractivity contribution is 7.13. The quantitative estimate of drug-likeness (QED) is 0.773. The van der Waals surface area contributed by atoms with Crippen LogP contribution in [0.25, 0.3) is 16.4 Å². The number of carbonyl (C=O) groups excluding carboxylic acids is 1. The van der Waals surface area contributed by atoms with Crippen LogP contribution in [0.5, 0.6) is 0 Å². The Bertz CT molecular complexity index is 868. The summed E-state index contributed by atoms with van der Waals surface area (Å²) in [6.45, 7) is 1.80. The molecule has 1 saturated heterocycles. The van der Waals surface area contributed by atoms with Gasteiger partial charge < -0.3 is 10.2 Å². The number of hydrogen-bond acceptors (Lipinski definition) is 6. The van der Waals surface area contributed by atoms with Gasteiger partial charge in [-0.1, -0.05) is 6.07 Å². The monoisotopic (exact) mass is 354 g/mol. The lowest BCUT2D eigenvalue weighted by molar-refractivity contribution is 0.0739. The van der Waals surface area contributed by atoms with Crippen molar-refractivity contribution in [3.05, 3.63) is 47.9 Å². The van der Waals surface area contributed by atoms with Crippen LogP contribution >= 0.6 is 11.3 Å². The van der Waals surface area contributed by atoms with Gasteiger partial charge in [0.25, 0.3) is 5.91 Å². The predicted molar refractivity (Wildman–Crippen MR) is 95.8 cm³/mol. The van der Waals surface area contributed by atoms with Crippen molar-refractivity contribution in [2.75, 3.05) is 20.1 Å². The van der Waals surface area contributed by atoms with Crippen LogP contribution in [0.4, 0.5) is 0 Å². The Kier molecular flexibility index (Phi) is 4.29. The summed E-state index contributed by atoms with van der Waals surface area (Å²) in [5, 5.41) is 10.2. The van der Waals surface area contributed by atoms with Crippen molar-refractivity contribution >= 4 is 17.2 Å². The lowest BCUT2D eigenvalue weighted by Crippen LogP contribution is -2.38. The zero-order valence-electron chi connectivity index (χ0n) is 13.8. The molecule has 8 heteroatoms. The maximum Gasteiger partial charge on any atom is 0.273 e. The number of amides is 1. The van der Waals surface area contributed by atoms with Gasteiger partial charge in [0.05, 0.1) is 6.20 Å². The van der Waals surface area contributed by atoms with E-state index in [9.17, 15) is 4.79 Å². The summed E-state index contributed by atoms with van der Waals surface area (Å²) in [4.78, 5) is 23.2. The minimum absolute atomic E-state index is 0.0340. The van der Waals surface area contributed by atoms with Crippen LogP contribution in [0.15, 0.2) is 42.2 Å². The zero-order chi connectivity index (χ0) is 17.2. The summed E-state index contributed by atoms with van der Waals surface area (Å²) in [7, 11) is 1.85. The number of nitrogens with one attached hydrogen (secondary N) is 1. The van der Waals surface area contributed by atoms with Crippen LogP contribution in [0, 0.1) is 0 Å². The third-order valence-electron chi connectivity index (χ3n) is 4.34. The van der Waals surface area contributed by atoms with Crippen molar-refractivity contribution < 1.29 is 4.79 Å². The molecule has 0 radical (unpaired) electrons. The Morgan fingerprint density at radius 1 is 1.44 bits per heavy atom. The van der Waals surface area contributed by atoms with Gasteiger partial charge in [-0.05, 0) is 25.1 Å². The summed E-state index contributed by atoms with van der Waals surface area (Å²) in [5.41, 5.74) is 1.36. The molecule has 7 nitrogen and oxygen atoms in total. The normalized spacial score (nSPS) is 16.9. The van der Waals surface area contributed by atoms with Crippen LogP contribution in [-0.4, -0.2) is 56.7 Å². The fraction of sp³-hybridized carbons (Fsp3) is 0.294. The highest BCUT2D eigenvalue weighted by atomic mass is 32.1. The Balaban J connectivity index is 1.53. The smallest absolute Gasteiger partial charge is 0.273 e. The van der Waals surface area contributed by atoms with Gasteiger partial charge in [-0.25, -0.2) is 14.6 Å². The first-order valence-corrected chi connectivity index (χ1v) is 9.00. The van der Waals surface area contributed by atoms with Gasteiger partial charge in [0.2, 0.25) is 0 Å². The number of thiazole rings is 1. The van der Waals surface area contributed by atoms with Crippen LogP contribution in [0.3, 0.4) is 0 Å². The SMILES string of the molecule is CN(C(=O)c1csc(-c2cnn(-c3ccccn3)c2)n1)[C@H]1CCNC1. The van der Waals surface area contributed by atoms with E-state index in [2.05, 4.69) is 20.4 Å². The molecule has 1 atom stereocenters. The molecule has 4 rings (SSSR count). The predicted octanol–water partition coefficient (Wildman–Crippen LogP) is 1.82. The van der Waals surface area contributed by atoms with Crippen molar-refractivity contribution in [3.63, 3.8) is 0 Å². The first-order chi connectivity index (χ1) is 12.2. The average molecular weight is 354 g/mol. The van der Waals surface area contributed by atoms with E-state index in [-0.39, 0.29) is 11.9 Å². The maximum absolute atomic E-state index is 12.6. The molecule has 128 valence electrons. The largest absolute Gasteiger partial charge is 0.336 e. The number of pyridine rings is 1. The molecule has 1 amide bonds. The van der Waals surface area contributed by atoms with E-state index in [4.69, 9.17) is 0 Å². The first kappa shape index (κ1) is 15.9. The van der Waals surface area contributed by atoms with E-state index in [1.54, 1.807) is 22.0 Å². The van der Waals surface area contributed by atoms with Crippen LogP contribution in [0.2, 0.25) is 0 Å². The van der Waals surface area contributed by atoms with Crippen LogP contribution in [0.1, 0.15) is 16.9 Å². The van der Waals surface area contributed by atoms with Crippen molar-refractivity contribution in [2.24, 2.45) is 0 Å². The van der Waals surface area contributed by atoms with Crippen LogP contribution in [-0.2, 0) is 0 Å². The van der Waals surface area contributed by atoms with E-state index in [0.717, 1.165) is 35.9 Å². The van der Waals surface area contributed by atoms with Crippen molar-refractivity contribution in [2.45, 2.75) is 12.5 Å². The van der Waals surface area contributed by atoms with Gasteiger partial charge >= 0.3 is 0 Å². The fourth-order valence-electron chi connectivity index (χ4n) is 2.87. The third kappa shape index (κ3) is 3.18. The van der Waals surface area contributed by atoms with Crippen LogP contribution < -0.4 is 5.32 Å². The van der Waals surface area contributed by atoms with E-state index in [0.29, 0.717) is 5.69 Å². The van der Waals surface area contributed by atoms with Crippen molar-refractivity contribution in [3.8, 4) is 16.4 Å². The second-order valence-corrected chi connectivity index (χ2v) is 6.82. The molecule has 1 aliphatic rings. The maximum atomic E-state index is 12.6. The van der Waals surface area contributed by atoms with Gasteiger partial charge in [-0.15, -0.1) is 11.3 Å². The van der Waals surface area contributed by atoms with Gasteiger partial charge in [-0.3, -0.25) is 4.79 Å². The second kappa shape index (κ2) is 6.73. The molecule has 0 aliphatic carbocycles. The molecular weight excluding hydrogens is 336 g/mol. The van der Waals surface area contributed by atoms with Gasteiger partial charge in [0, 0.05) is 43.0 Å². The van der Waals surface area contributed by atoms with E-state index >= 15 is 0 Å². The summed E-state index contributed by atoms with van der Waals surface area (Å²) >= 11 is 1.45. The highest BCUT2D eigenvalue weighted by Crippen LogP contribution is 2.25. The molecular formula is C17H18N6OS. The molecule has 0 spiro atoms. The minimum Gasteiger partial charge on any atom is -0.336 e. The molecule has 4 heterocycles.